The van der Waals surface area contributed by atoms with Crippen molar-refractivity contribution in [1.82, 2.24) is 15.2 Å². The number of aromatic nitrogens is 1. The number of hydrogen-bond acceptors (Lipinski definition) is 4. The number of amides is 3. The predicted molar refractivity (Wildman–Crippen MR) is 107 cm³/mol. The third-order valence-electron chi connectivity index (χ3n) is 4.91. The standard InChI is InChI=1S/C21H18BrN3O3/c1-13-17(23-18(28-13)14-8-4-3-5-9-14)12-25-19(26)21(2,24-20(25)27)15-10-6-7-11-16(15)22/h3-11H,12H2,1-2H3,(H,24,27)/t21-/m1/s1. The zero-order valence-electron chi connectivity index (χ0n) is 15.4. The summed E-state index contributed by atoms with van der Waals surface area (Å²) in [5, 5.41) is 2.81. The van der Waals surface area contributed by atoms with Crippen LogP contribution in [0.2, 0.25) is 0 Å². The fourth-order valence-electron chi connectivity index (χ4n) is 3.32. The maximum atomic E-state index is 13.1. The minimum absolute atomic E-state index is 0.0485. The van der Waals surface area contributed by atoms with Gasteiger partial charge in [-0.1, -0.05) is 52.3 Å². The molecule has 1 N–H and O–H groups in total. The van der Waals surface area contributed by atoms with E-state index in [1.165, 1.54) is 4.90 Å². The number of carbonyl (C=O) groups excluding carboxylic acids is 2. The third-order valence-corrected chi connectivity index (χ3v) is 5.60. The smallest absolute Gasteiger partial charge is 0.325 e. The van der Waals surface area contributed by atoms with Gasteiger partial charge < -0.3 is 9.73 Å². The van der Waals surface area contributed by atoms with E-state index in [4.69, 9.17) is 4.42 Å². The van der Waals surface area contributed by atoms with Crippen LogP contribution in [0.4, 0.5) is 4.79 Å². The Morgan fingerprint density at radius 1 is 1.11 bits per heavy atom. The van der Waals surface area contributed by atoms with Crippen LogP contribution in [0.3, 0.4) is 0 Å². The molecule has 3 aromatic rings. The first kappa shape index (κ1) is 18.4. The highest BCUT2D eigenvalue weighted by molar-refractivity contribution is 9.10. The van der Waals surface area contributed by atoms with Gasteiger partial charge in [-0.15, -0.1) is 0 Å². The lowest BCUT2D eigenvalue weighted by molar-refractivity contribution is -0.131. The molecule has 1 fully saturated rings. The van der Waals surface area contributed by atoms with Crippen molar-refractivity contribution >= 4 is 27.9 Å². The Hall–Kier alpha value is -2.93. The summed E-state index contributed by atoms with van der Waals surface area (Å²) in [4.78, 5) is 31.4. The Morgan fingerprint density at radius 3 is 2.50 bits per heavy atom. The minimum Gasteiger partial charge on any atom is -0.441 e. The Morgan fingerprint density at radius 2 is 1.79 bits per heavy atom. The van der Waals surface area contributed by atoms with Crippen molar-refractivity contribution < 1.29 is 14.0 Å². The molecule has 0 radical (unpaired) electrons. The normalized spacial score (nSPS) is 19.2. The van der Waals surface area contributed by atoms with E-state index in [0.29, 0.717) is 22.9 Å². The molecule has 7 heteroatoms. The van der Waals surface area contributed by atoms with E-state index in [-0.39, 0.29) is 12.5 Å². The topological polar surface area (TPSA) is 75.4 Å². The highest BCUT2D eigenvalue weighted by Crippen LogP contribution is 2.34. The highest BCUT2D eigenvalue weighted by atomic mass is 79.9. The second-order valence-electron chi connectivity index (χ2n) is 6.81. The number of nitrogens with one attached hydrogen (secondary N) is 1. The molecule has 0 saturated carbocycles. The van der Waals surface area contributed by atoms with Gasteiger partial charge in [-0.3, -0.25) is 9.69 Å². The number of urea groups is 1. The molecule has 1 saturated heterocycles. The van der Waals surface area contributed by atoms with Crippen molar-refractivity contribution in [1.29, 1.82) is 0 Å². The van der Waals surface area contributed by atoms with Gasteiger partial charge in [0.15, 0.2) is 0 Å². The van der Waals surface area contributed by atoms with E-state index in [9.17, 15) is 9.59 Å². The molecule has 1 aliphatic rings. The lowest BCUT2D eigenvalue weighted by Crippen LogP contribution is -2.41. The molecule has 1 aromatic heterocycles. The zero-order valence-corrected chi connectivity index (χ0v) is 17.0. The van der Waals surface area contributed by atoms with Gasteiger partial charge in [0.1, 0.15) is 17.0 Å². The number of oxazole rings is 1. The maximum Gasteiger partial charge on any atom is 0.325 e. The first-order chi connectivity index (χ1) is 13.4. The summed E-state index contributed by atoms with van der Waals surface area (Å²) in [5.41, 5.74) is 0.959. The molecule has 0 bridgehead atoms. The van der Waals surface area contributed by atoms with Crippen molar-refractivity contribution in [3.05, 3.63) is 76.1 Å². The van der Waals surface area contributed by atoms with E-state index in [0.717, 1.165) is 10.0 Å². The SMILES string of the molecule is Cc1oc(-c2ccccc2)nc1CN1C(=O)N[C@](C)(c2ccccc2Br)C1=O. The summed E-state index contributed by atoms with van der Waals surface area (Å²) in [6, 6.07) is 16.4. The zero-order chi connectivity index (χ0) is 19.9. The van der Waals surface area contributed by atoms with Crippen molar-refractivity contribution in [3.63, 3.8) is 0 Å². The summed E-state index contributed by atoms with van der Waals surface area (Å²) in [6.07, 6.45) is 0. The lowest BCUT2D eigenvalue weighted by Gasteiger charge is -2.23. The molecule has 2 aromatic carbocycles. The Kier molecular flexibility index (Phi) is 4.55. The van der Waals surface area contributed by atoms with Crippen LogP contribution >= 0.6 is 15.9 Å². The van der Waals surface area contributed by atoms with Crippen LogP contribution in [0.15, 0.2) is 63.5 Å². The first-order valence-electron chi connectivity index (χ1n) is 8.81. The van der Waals surface area contributed by atoms with Crippen molar-refractivity contribution in [2.45, 2.75) is 25.9 Å². The molecule has 142 valence electrons. The predicted octanol–water partition coefficient (Wildman–Crippen LogP) is 4.38. The van der Waals surface area contributed by atoms with Crippen LogP contribution in [-0.2, 0) is 16.9 Å². The van der Waals surface area contributed by atoms with Crippen LogP contribution < -0.4 is 5.32 Å². The van der Waals surface area contributed by atoms with Gasteiger partial charge in [0.2, 0.25) is 5.89 Å². The second kappa shape index (κ2) is 6.91. The number of halogens is 1. The van der Waals surface area contributed by atoms with E-state index < -0.39 is 11.6 Å². The molecular weight excluding hydrogens is 422 g/mol. The van der Waals surface area contributed by atoms with Crippen LogP contribution in [-0.4, -0.2) is 21.8 Å². The van der Waals surface area contributed by atoms with Gasteiger partial charge in [-0.25, -0.2) is 9.78 Å². The molecule has 0 unspecified atom stereocenters. The van der Waals surface area contributed by atoms with Crippen molar-refractivity contribution in [2.75, 3.05) is 0 Å². The van der Waals surface area contributed by atoms with Crippen LogP contribution in [0.25, 0.3) is 11.5 Å². The largest absolute Gasteiger partial charge is 0.441 e. The van der Waals surface area contributed by atoms with Crippen molar-refractivity contribution in [3.8, 4) is 11.5 Å². The number of nitrogens with zero attached hydrogens (tertiary/aromatic N) is 2. The average Bonchev–Trinajstić information content (AvgIpc) is 3.16. The van der Waals surface area contributed by atoms with Crippen LogP contribution in [0, 0.1) is 6.92 Å². The van der Waals surface area contributed by atoms with Crippen LogP contribution in [0.1, 0.15) is 23.9 Å². The maximum absolute atomic E-state index is 13.1. The first-order valence-corrected chi connectivity index (χ1v) is 9.60. The Bertz CT molecular complexity index is 1060. The quantitative estimate of drug-likeness (QED) is 0.611. The lowest BCUT2D eigenvalue weighted by atomic mass is 9.92. The summed E-state index contributed by atoms with van der Waals surface area (Å²) in [5.74, 6) is 0.718. The number of aryl methyl sites for hydroxylation is 1. The summed E-state index contributed by atoms with van der Waals surface area (Å²) in [6.45, 7) is 3.53. The van der Waals surface area contributed by atoms with Gasteiger partial charge in [0.05, 0.1) is 6.54 Å². The number of hydrogen-bond donors (Lipinski definition) is 1. The number of imide groups is 1. The molecule has 1 aliphatic heterocycles. The molecule has 28 heavy (non-hydrogen) atoms. The van der Waals surface area contributed by atoms with Crippen LogP contribution in [0.5, 0.6) is 0 Å². The molecule has 0 aliphatic carbocycles. The number of benzene rings is 2. The van der Waals surface area contributed by atoms with Gasteiger partial charge in [-0.2, -0.15) is 0 Å². The third kappa shape index (κ3) is 3.01. The molecule has 1 atom stereocenters. The van der Waals surface area contributed by atoms with Gasteiger partial charge in [0.25, 0.3) is 5.91 Å². The van der Waals surface area contributed by atoms with Gasteiger partial charge >= 0.3 is 6.03 Å². The highest BCUT2D eigenvalue weighted by Gasteiger charge is 2.50. The second-order valence-corrected chi connectivity index (χ2v) is 7.67. The minimum atomic E-state index is -1.14. The molecule has 0 spiro atoms. The van der Waals surface area contributed by atoms with Gasteiger partial charge in [0, 0.05) is 15.6 Å². The number of rotatable bonds is 4. The fourth-order valence-corrected chi connectivity index (χ4v) is 4.00. The molecular formula is C21H18BrN3O3. The summed E-state index contributed by atoms with van der Waals surface area (Å²) < 4.78 is 6.51. The summed E-state index contributed by atoms with van der Waals surface area (Å²) in [7, 11) is 0. The molecule has 4 rings (SSSR count). The monoisotopic (exact) mass is 439 g/mol. The fraction of sp³-hybridized carbons (Fsp3) is 0.190. The average molecular weight is 440 g/mol. The van der Waals surface area contributed by atoms with E-state index in [1.54, 1.807) is 13.8 Å². The van der Waals surface area contributed by atoms with E-state index in [2.05, 4.69) is 26.2 Å². The Balaban J connectivity index is 1.63. The van der Waals surface area contributed by atoms with Crippen molar-refractivity contribution in [2.24, 2.45) is 0 Å². The molecule has 3 amide bonds. The molecule has 2 heterocycles. The summed E-state index contributed by atoms with van der Waals surface area (Å²) >= 11 is 3.47. The number of carbonyl (C=O) groups is 2. The van der Waals surface area contributed by atoms with E-state index >= 15 is 0 Å². The van der Waals surface area contributed by atoms with E-state index in [1.807, 2.05) is 54.6 Å². The Labute approximate surface area is 170 Å². The molecule has 6 nitrogen and oxygen atoms in total. The van der Waals surface area contributed by atoms with Gasteiger partial charge in [-0.05, 0) is 32.0 Å².